The van der Waals surface area contributed by atoms with Crippen LogP contribution in [0.1, 0.15) is 30.1 Å². The van der Waals surface area contributed by atoms with Crippen LogP contribution in [0, 0.1) is 5.41 Å². The number of likely N-dealkylation sites (tertiary alicyclic amines) is 1. The monoisotopic (exact) mass is 282 g/mol. The first-order valence-electron chi connectivity index (χ1n) is 6.06. The summed E-state index contributed by atoms with van der Waals surface area (Å²) >= 11 is 5.97. The fourth-order valence-corrected chi connectivity index (χ4v) is 2.48. The van der Waals surface area contributed by atoms with Crippen molar-refractivity contribution in [3.63, 3.8) is 0 Å². The molecule has 1 aromatic heterocycles. The van der Waals surface area contributed by atoms with E-state index in [1.165, 1.54) is 12.4 Å². The van der Waals surface area contributed by atoms with Crippen LogP contribution in [0.25, 0.3) is 0 Å². The molecule has 0 aromatic carbocycles. The number of hydrogen-bond acceptors (Lipinski definition) is 3. The maximum absolute atomic E-state index is 12.3. The molecular formula is C13H15ClN2O3. The lowest BCUT2D eigenvalue weighted by molar-refractivity contribution is -0.150. The number of carbonyl (C=O) groups is 2. The first kappa shape index (κ1) is 13.8. The fourth-order valence-electron chi connectivity index (χ4n) is 2.29. The number of amides is 1. The topological polar surface area (TPSA) is 70.5 Å². The van der Waals surface area contributed by atoms with Crippen LogP contribution in [0.2, 0.25) is 5.02 Å². The van der Waals surface area contributed by atoms with Crippen LogP contribution in [-0.4, -0.2) is 40.0 Å². The summed E-state index contributed by atoms with van der Waals surface area (Å²) in [5, 5.41) is 9.58. The lowest BCUT2D eigenvalue weighted by atomic mass is 9.82. The van der Waals surface area contributed by atoms with Gasteiger partial charge in [-0.05, 0) is 25.8 Å². The number of rotatable bonds is 2. The van der Waals surface area contributed by atoms with Gasteiger partial charge in [0.25, 0.3) is 5.91 Å². The highest BCUT2D eigenvalue weighted by atomic mass is 35.5. The molecule has 6 heteroatoms. The Morgan fingerprint density at radius 3 is 2.89 bits per heavy atom. The van der Waals surface area contributed by atoms with Gasteiger partial charge in [-0.25, -0.2) is 0 Å². The second-order valence-corrected chi connectivity index (χ2v) is 5.46. The quantitative estimate of drug-likeness (QED) is 0.901. The molecule has 0 bridgehead atoms. The van der Waals surface area contributed by atoms with Gasteiger partial charge in [-0.15, -0.1) is 0 Å². The van der Waals surface area contributed by atoms with E-state index < -0.39 is 11.4 Å². The van der Waals surface area contributed by atoms with Crippen LogP contribution in [0.5, 0.6) is 0 Å². The van der Waals surface area contributed by atoms with E-state index in [4.69, 9.17) is 11.6 Å². The molecule has 1 aliphatic rings. The molecule has 0 aliphatic carbocycles. The lowest BCUT2D eigenvalue weighted by Crippen LogP contribution is -2.48. The van der Waals surface area contributed by atoms with Crippen molar-refractivity contribution in [3.05, 3.63) is 29.0 Å². The molecule has 1 fully saturated rings. The molecule has 1 N–H and O–H groups in total. The summed E-state index contributed by atoms with van der Waals surface area (Å²) in [5.41, 5.74) is -0.568. The molecule has 0 radical (unpaired) electrons. The average Bonchev–Trinajstić information content (AvgIpc) is 2.38. The minimum atomic E-state index is -0.886. The van der Waals surface area contributed by atoms with E-state index in [-0.39, 0.29) is 12.5 Å². The molecule has 102 valence electrons. The third-order valence-corrected chi connectivity index (χ3v) is 3.83. The number of carboxylic acid groups (broad SMARTS) is 1. The summed E-state index contributed by atoms with van der Waals surface area (Å²) in [4.78, 5) is 29.0. The molecule has 19 heavy (non-hydrogen) atoms. The van der Waals surface area contributed by atoms with Gasteiger partial charge >= 0.3 is 5.97 Å². The van der Waals surface area contributed by atoms with Crippen molar-refractivity contribution in [3.8, 4) is 0 Å². The van der Waals surface area contributed by atoms with Gasteiger partial charge in [-0.1, -0.05) is 11.6 Å². The highest BCUT2D eigenvalue weighted by Crippen LogP contribution is 2.31. The van der Waals surface area contributed by atoms with E-state index in [0.29, 0.717) is 30.0 Å². The Hall–Kier alpha value is -1.62. The molecule has 1 unspecified atom stereocenters. The van der Waals surface area contributed by atoms with Gasteiger partial charge in [0, 0.05) is 25.5 Å². The number of hydrogen-bond donors (Lipinski definition) is 1. The third kappa shape index (κ3) is 2.71. The number of pyridine rings is 1. The van der Waals surface area contributed by atoms with E-state index in [1.54, 1.807) is 17.9 Å². The van der Waals surface area contributed by atoms with Gasteiger partial charge in [-0.2, -0.15) is 0 Å². The molecular weight excluding hydrogens is 268 g/mol. The zero-order valence-electron chi connectivity index (χ0n) is 10.6. The van der Waals surface area contributed by atoms with Gasteiger partial charge in [0.15, 0.2) is 0 Å². The van der Waals surface area contributed by atoms with E-state index in [1.807, 2.05) is 0 Å². The maximum atomic E-state index is 12.3. The van der Waals surface area contributed by atoms with Crippen molar-refractivity contribution >= 4 is 23.5 Å². The normalized spacial score (nSPS) is 23.2. The standard InChI is InChI=1S/C13H15ClN2O3/c1-13(12(18)19)4-2-6-16(8-13)11(17)9-7-15-5-3-10(9)14/h3,5,7H,2,4,6,8H2,1H3,(H,18,19). The second kappa shape index (κ2) is 5.17. The van der Waals surface area contributed by atoms with Gasteiger partial charge in [-0.3, -0.25) is 14.6 Å². The molecule has 1 aromatic rings. The number of carboxylic acids is 1. The minimum Gasteiger partial charge on any atom is -0.481 e. The molecule has 1 atom stereocenters. The SMILES string of the molecule is CC1(C(=O)O)CCCN(C(=O)c2cnccc2Cl)C1. The Morgan fingerprint density at radius 2 is 2.26 bits per heavy atom. The summed E-state index contributed by atoms with van der Waals surface area (Å²) in [6.07, 6.45) is 4.17. The van der Waals surface area contributed by atoms with Crippen molar-refractivity contribution in [2.24, 2.45) is 5.41 Å². The predicted molar refractivity (Wildman–Crippen MR) is 70.1 cm³/mol. The highest BCUT2D eigenvalue weighted by Gasteiger charge is 2.39. The van der Waals surface area contributed by atoms with Crippen LogP contribution in [0.4, 0.5) is 0 Å². The minimum absolute atomic E-state index is 0.201. The van der Waals surface area contributed by atoms with Crippen molar-refractivity contribution in [1.29, 1.82) is 0 Å². The van der Waals surface area contributed by atoms with Crippen molar-refractivity contribution in [2.75, 3.05) is 13.1 Å². The predicted octanol–water partition coefficient (Wildman–Crippen LogP) is 2.06. The number of piperidine rings is 1. The number of aromatic nitrogens is 1. The second-order valence-electron chi connectivity index (χ2n) is 5.05. The van der Waals surface area contributed by atoms with Crippen molar-refractivity contribution in [2.45, 2.75) is 19.8 Å². The smallest absolute Gasteiger partial charge is 0.311 e. The average molecular weight is 283 g/mol. The molecule has 1 amide bonds. The van der Waals surface area contributed by atoms with Crippen LogP contribution in [-0.2, 0) is 4.79 Å². The van der Waals surface area contributed by atoms with Gasteiger partial charge in [0.1, 0.15) is 0 Å². The Balaban J connectivity index is 2.21. The van der Waals surface area contributed by atoms with Gasteiger partial charge in [0.05, 0.1) is 16.0 Å². The first-order chi connectivity index (χ1) is 8.94. The zero-order chi connectivity index (χ0) is 14.0. The summed E-state index contributed by atoms with van der Waals surface area (Å²) in [6, 6.07) is 1.55. The molecule has 1 saturated heterocycles. The Kier molecular flexibility index (Phi) is 3.75. The van der Waals surface area contributed by atoms with Crippen molar-refractivity contribution in [1.82, 2.24) is 9.88 Å². The van der Waals surface area contributed by atoms with Crippen LogP contribution in [0.15, 0.2) is 18.5 Å². The zero-order valence-corrected chi connectivity index (χ0v) is 11.4. The lowest BCUT2D eigenvalue weighted by Gasteiger charge is -2.37. The number of nitrogens with zero attached hydrogens (tertiary/aromatic N) is 2. The van der Waals surface area contributed by atoms with Crippen LogP contribution >= 0.6 is 11.6 Å². The summed E-state index contributed by atoms with van der Waals surface area (Å²) in [6.45, 7) is 2.42. The number of halogens is 1. The van der Waals surface area contributed by atoms with E-state index >= 15 is 0 Å². The highest BCUT2D eigenvalue weighted by molar-refractivity contribution is 6.33. The Bertz CT molecular complexity index is 520. The van der Waals surface area contributed by atoms with Crippen molar-refractivity contribution < 1.29 is 14.7 Å². The van der Waals surface area contributed by atoms with E-state index in [9.17, 15) is 14.7 Å². The van der Waals surface area contributed by atoms with Crippen LogP contribution < -0.4 is 0 Å². The summed E-state index contributed by atoms with van der Waals surface area (Å²) < 4.78 is 0. The van der Waals surface area contributed by atoms with Crippen LogP contribution in [0.3, 0.4) is 0 Å². The van der Waals surface area contributed by atoms with E-state index in [0.717, 1.165) is 0 Å². The summed E-state index contributed by atoms with van der Waals surface area (Å²) in [7, 11) is 0. The first-order valence-corrected chi connectivity index (χ1v) is 6.44. The molecule has 0 spiro atoms. The fraction of sp³-hybridized carbons (Fsp3) is 0.462. The molecule has 2 rings (SSSR count). The maximum Gasteiger partial charge on any atom is 0.311 e. The number of carbonyl (C=O) groups excluding carboxylic acids is 1. The van der Waals surface area contributed by atoms with Gasteiger partial charge in [0.2, 0.25) is 0 Å². The number of aliphatic carboxylic acids is 1. The molecule has 1 aliphatic heterocycles. The molecule has 2 heterocycles. The third-order valence-electron chi connectivity index (χ3n) is 3.50. The Labute approximate surface area is 116 Å². The van der Waals surface area contributed by atoms with Gasteiger partial charge < -0.3 is 10.0 Å². The molecule has 0 saturated carbocycles. The molecule has 5 nitrogen and oxygen atoms in total. The Morgan fingerprint density at radius 1 is 1.53 bits per heavy atom. The largest absolute Gasteiger partial charge is 0.481 e. The summed E-state index contributed by atoms with van der Waals surface area (Å²) in [5.74, 6) is -1.13. The van der Waals surface area contributed by atoms with E-state index in [2.05, 4.69) is 4.98 Å².